The third-order valence-corrected chi connectivity index (χ3v) is 1.06. The van der Waals surface area contributed by atoms with Gasteiger partial charge in [0.2, 0.25) is 0 Å². The average molecular weight is 150 g/mol. The van der Waals surface area contributed by atoms with Crippen molar-refractivity contribution < 1.29 is 0 Å². The van der Waals surface area contributed by atoms with Crippen LogP contribution in [0.2, 0.25) is 0 Å². The van der Waals surface area contributed by atoms with E-state index in [1.807, 2.05) is 23.8 Å². The van der Waals surface area contributed by atoms with E-state index in [2.05, 4.69) is 16.3 Å². The molecule has 0 saturated heterocycles. The van der Waals surface area contributed by atoms with Crippen molar-refractivity contribution in [1.82, 2.24) is 4.72 Å². The highest BCUT2D eigenvalue weighted by atomic mass is 35.5. The van der Waals surface area contributed by atoms with E-state index in [1.54, 1.807) is 11.9 Å². The van der Waals surface area contributed by atoms with E-state index in [1.165, 1.54) is 6.38 Å². The summed E-state index contributed by atoms with van der Waals surface area (Å²) in [7, 11) is 0. The highest BCUT2D eigenvalue weighted by Crippen LogP contribution is 1.98. The lowest BCUT2D eigenvalue weighted by atomic mass is 10.6. The Morgan fingerprint density at radius 3 is 2.25 bits per heavy atom. The van der Waals surface area contributed by atoms with Gasteiger partial charge in [-0.3, -0.25) is 0 Å². The molecule has 0 aromatic rings. The topological polar surface area (TPSA) is 12.0 Å². The van der Waals surface area contributed by atoms with Gasteiger partial charge in [-0.1, -0.05) is 6.08 Å². The Morgan fingerprint density at radius 2 is 2.12 bits per heavy atom. The minimum Gasteiger partial charge on any atom is -0.333 e. The Hall–Kier alpha value is -0.0800. The summed E-state index contributed by atoms with van der Waals surface area (Å²) < 4.78 is 2.93. The van der Waals surface area contributed by atoms with Crippen molar-refractivity contribution in [1.29, 1.82) is 0 Å². The van der Waals surface area contributed by atoms with E-state index >= 15 is 0 Å². The van der Waals surface area contributed by atoms with Crippen LogP contribution in [0, 0.1) is 0 Å². The lowest BCUT2D eigenvalue weighted by Gasteiger charge is -1.93. The molecule has 0 spiro atoms. The summed E-state index contributed by atoms with van der Waals surface area (Å²) in [5.74, 6) is 0. The van der Waals surface area contributed by atoms with E-state index < -0.39 is 0 Å². The van der Waals surface area contributed by atoms with Gasteiger partial charge < -0.3 is 4.72 Å². The predicted molar refractivity (Wildman–Crippen MR) is 40.8 cm³/mol. The quantitative estimate of drug-likeness (QED) is 0.418. The molecule has 0 aliphatic carbocycles. The summed E-state index contributed by atoms with van der Waals surface area (Å²) in [5, 5.41) is 1.99. The van der Waals surface area contributed by atoms with Crippen molar-refractivity contribution in [2.75, 3.05) is 6.38 Å². The van der Waals surface area contributed by atoms with Crippen molar-refractivity contribution in [2.45, 2.75) is 0 Å². The van der Waals surface area contributed by atoms with Gasteiger partial charge in [-0.2, -0.15) is 0 Å². The highest BCUT2D eigenvalue weighted by molar-refractivity contribution is 8.00. The molecule has 0 atom stereocenters. The zero-order valence-corrected chi connectivity index (χ0v) is 6.17. The Kier molecular flexibility index (Phi) is 6.85. The fourth-order valence-corrected chi connectivity index (χ4v) is 0.663. The molecule has 1 aliphatic heterocycles. The number of hydrogen-bond acceptors (Lipinski definition) is 2. The van der Waals surface area contributed by atoms with Gasteiger partial charge in [0.1, 0.15) is 0 Å². The first-order valence-electron chi connectivity index (χ1n) is 2.11. The molecule has 0 bridgehead atoms. The minimum atomic E-state index is 1.47. The van der Waals surface area contributed by atoms with Crippen LogP contribution in [-0.4, -0.2) is 6.38 Å². The molecule has 0 radical (unpaired) electrons. The predicted octanol–water partition coefficient (Wildman–Crippen LogP) is 2.12. The molecule has 1 rings (SSSR count). The van der Waals surface area contributed by atoms with Crippen molar-refractivity contribution in [3.05, 3.63) is 23.8 Å². The Balaban J connectivity index is 0.000000222. The maximum Gasteiger partial charge on any atom is 0.0108 e. The first-order valence-corrected chi connectivity index (χ1v) is 3.74. The lowest BCUT2D eigenvalue weighted by Crippen LogP contribution is -1.88. The monoisotopic (exact) mass is 149 g/mol. The molecule has 1 N–H and O–H groups in total. The van der Waals surface area contributed by atoms with Gasteiger partial charge >= 0.3 is 0 Å². The van der Waals surface area contributed by atoms with Gasteiger partial charge in [0, 0.05) is 12.6 Å². The molecular weight excluding hydrogens is 142 g/mol. The molecule has 3 heteroatoms. The molecular formula is C5H8ClNS. The first-order chi connectivity index (χ1) is 4.00. The minimum absolute atomic E-state index is 1.47. The zero-order chi connectivity index (χ0) is 6.24. The summed E-state index contributed by atoms with van der Waals surface area (Å²) in [6.07, 6.45) is 7.31. The Bertz CT molecular complexity index is 78.4. The van der Waals surface area contributed by atoms with Gasteiger partial charge in [0.05, 0.1) is 0 Å². The van der Waals surface area contributed by atoms with E-state index in [-0.39, 0.29) is 0 Å². The molecule has 0 saturated carbocycles. The smallest absolute Gasteiger partial charge is 0.0108 e. The van der Waals surface area contributed by atoms with Crippen molar-refractivity contribution in [2.24, 2.45) is 0 Å². The summed E-state index contributed by atoms with van der Waals surface area (Å²) >= 11 is 6.22. The molecule has 1 aliphatic rings. The van der Waals surface area contributed by atoms with Crippen molar-refractivity contribution in [3.63, 3.8) is 0 Å². The number of rotatable bonds is 0. The summed E-state index contributed by atoms with van der Waals surface area (Å²) in [4.78, 5) is 0. The zero-order valence-electron chi connectivity index (χ0n) is 4.60. The van der Waals surface area contributed by atoms with Crippen molar-refractivity contribution >= 4 is 23.5 Å². The van der Waals surface area contributed by atoms with E-state index in [9.17, 15) is 0 Å². The second-order valence-corrected chi connectivity index (χ2v) is 1.67. The number of nitrogens with one attached hydrogen (secondary N) is 1. The third-order valence-electron chi connectivity index (χ3n) is 0.490. The van der Waals surface area contributed by atoms with Gasteiger partial charge in [0.15, 0.2) is 0 Å². The number of alkyl halides is 1. The summed E-state index contributed by atoms with van der Waals surface area (Å²) in [6, 6.07) is 0. The van der Waals surface area contributed by atoms with Crippen LogP contribution in [-0.2, 0) is 0 Å². The van der Waals surface area contributed by atoms with Crippen molar-refractivity contribution in [3.8, 4) is 0 Å². The van der Waals surface area contributed by atoms with E-state index in [0.29, 0.717) is 0 Å². The van der Waals surface area contributed by atoms with Gasteiger partial charge in [-0.05, 0) is 23.4 Å². The molecule has 46 valence electrons. The average Bonchev–Trinajstić information content (AvgIpc) is 1.96. The van der Waals surface area contributed by atoms with Crippen LogP contribution in [0.3, 0.4) is 0 Å². The standard InChI is InChI=1S/C4H5NS.CH3Cl/c1-2-4-6-5-3-1;1-2/h1-5H;1H3. The molecule has 0 aromatic heterocycles. The number of hydrogen-bond donors (Lipinski definition) is 1. The van der Waals surface area contributed by atoms with E-state index in [0.717, 1.165) is 0 Å². The molecule has 1 heterocycles. The SMILES string of the molecule is C1=CNSC=C1.CCl. The van der Waals surface area contributed by atoms with Gasteiger partial charge in [0.25, 0.3) is 0 Å². The van der Waals surface area contributed by atoms with E-state index in [4.69, 9.17) is 0 Å². The molecule has 0 unspecified atom stereocenters. The van der Waals surface area contributed by atoms with Crippen LogP contribution in [0.15, 0.2) is 23.8 Å². The first kappa shape index (κ1) is 7.92. The largest absolute Gasteiger partial charge is 0.333 e. The lowest BCUT2D eigenvalue weighted by molar-refractivity contribution is 1.42. The molecule has 8 heavy (non-hydrogen) atoms. The third kappa shape index (κ3) is 4.09. The fraction of sp³-hybridized carbons (Fsp3) is 0.200. The van der Waals surface area contributed by atoms with Gasteiger partial charge in [-0.25, -0.2) is 0 Å². The number of halogens is 1. The number of allylic oxidation sites excluding steroid dienone is 2. The van der Waals surface area contributed by atoms with Crippen LogP contribution in [0.5, 0.6) is 0 Å². The summed E-state index contributed by atoms with van der Waals surface area (Å²) in [5.41, 5.74) is 0. The van der Waals surface area contributed by atoms with Crippen LogP contribution < -0.4 is 4.72 Å². The molecule has 0 fully saturated rings. The van der Waals surface area contributed by atoms with Crippen LogP contribution in [0.4, 0.5) is 0 Å². The maximum absolute atomic E-state index is 4.64. The Labute approximate surface area is 58.9 Å². The van der Waals surface area contributed by atoms with Crippen LogP contribution in [0.1, 0.15) is 0 Å². The Morgan fingerprint density at radius 1 is 1.38 bits per heavy atom. The highest BCUT2D eigenvalue weighted by Gasteiger charge is 1.74. The van der Waals surface area contributed by atoms with Crippen LogP contribution in [0.25, 0.3) is 0 Å². The molecule has 0 amide bonds. The second kappa shape index (κ2) is 6.92. The molecule has 1 nitrogen and oxygen atoms in total. The second-order valence-electron chi connectivity index (χ2n) is 0.923. The summed E-state index contributed by atoms with van der Waals surface area (Å²) in [6.45, 7) is 0. The normalized spacial score (nSPS) is 13.8. The fourth-order valence-electron chi connectivity index (χ4n) is 0.258. The van der Waals surface area contributed by atoms with Crippen LogP contribution >= 0.6 is 23.5 Å². The van der Waals surface area contributed by atoms with Gasteiger partial charge in [-0.15, -0.1) is 11.6 Å². The maximum atomic E-state index is 4.64. The molecule has 0 aromatic carbocycles.